The van der Waals surface area contributed by atoms with E-state index in [9.17, 15) is 0 Å². The molecule has 0 amide bonds. The number of hydrogen-bond donors (Lipinski definition) is 2. The van der Waals surface area contributed by atoms with Crippen molar-refractivity contribution in [3.63, 3.8) is 0 Å². The van der Waals surface area contributed by atoms with E-state index in [1.165, 1.54) is 6.42 Å². The van der Waals surface area contributed by atoms with Crippen LogP contribution in [0.5, 0.6) is 0 Å². The number of nitrogens with one attached hydrogen (secondary N) is 1. The minimum atomic E-state index is 0.276. The fourth-order valence-electron chi connectivity index (χ4n) is 1.14. The molecule has 0 saturated carbocycles. The molecule has 0 bridgehead atoms. The Kier molecular flexibility index (Phi) is 9.12. The van der Waals surface area contributed by atoms with E-state index in [4.69, 9.17) is 5.73 Å². The molecule has 0 aliphatic rings. The average molecular weight is 182 g/mol. The normalized spacial score (nSPS) is 12.2. The van der Waals surface area contributed by atoms with Crippen molar-refractivity contribution < 1.29 is 0 Å². The van der Waals surface area contributed by atoms with Crippen LogP contribution in [0.3, 0.4) is 0 Å². The van der Waals surface area contributed by atoms with E-state index in [-0.39, 0.29) is 6.04 Å². The second-order valence-corrected chi connectivity index (χ2v) is 3.30. The molecule has 0 aliphatic heterocycles. The maximum Gasteiger partial charge on any atom is 0.00799 e. The van der Waals surface area contributed by atoms with Gasteiger partial charge in [-0.15, -0.1) is 5.73 Å². The lowest BCUT2D eigenvalue weighted by Gasteiger charge is -2.08. The van der Waals surface area contributed by atoms with Crippen molar-refractivity contribution >= 4 is 0 Å². The Hall–Kier alpha value is -0.560. The van der Waals surface area contributed by atoms with E-state index in [2.05, 4.69) is 24.6 Å². The van der Waals surface area contributed by atoms with Gasteiger partial charge in [-0.3, -0.25) is 0 Å². The molecular weight excluding hydrogens is 160 g/mol. The molecule has 0 fully saturated rings. The lowest BCUT2D eigenvalue weighted by atomic mass is 10.1. The first-order valence-corrected chi connectivity index (χ1v) is 5.11. The second-order valence-electron chi connectivity index (χ2n) is 3.30. The van der Waals surface area contributed by atoms with Crippen LogP contribution in [0.25, 0.3) is 0 Å². The van der Waals surface area contributed by atoms with Gasteiger partial charge in [0.1, 0.15) is 0 Å². The molecule has 1 atom stereocenters. The molecule has 2 heteroatoms. The third-order valence-electron chi connectivity index (χ3n) is 1.92. The van der Waals surface area contributed by atoms with Gasteiger partial charge in [-0.2, -0.15) is 0 Å². The summed E-state index contributed by atoms with van der Waals surface area (Å²) in [6, 6.07) is 0.276. The summed E-state index contributed by atoms with van der Waals surface area (Å²) >= 11 is 0. The van der Waals surface area contributed by atoms with Crippen molar-refractivity contribution in [3.05, 3.63) is 18.4 Å². The van der Waals surface area contributed by atoms with Crippen LogP contribution < -0.4 is 11.1 Å². The smallest absolute Gasteiger partial charge is 0.00799 e. The zero-order chi connectivity index (χ0) is 9.94. The monoisotopic (exact) mass is 182 g/mol. The molecule has 0 heterocycles. The molecule has 0 aromatic rings. The Morgan fingerprint density at radius 2 is 2.31 bits per heavy atom. The summed E-state index contributed by atoms with van der Waals surface area (Å²) in [6.07, 6.45) is 6.24. The fourth-order valence-corrected chi connectivity index (χ4v) is 1.14. The molecule has 3 N–H and O–H groups in total. The SMILES string of the molecule is C=C=CCC(N)CCCNCCC. The van der Waals surface area contributed by atoms with Crippen LogP contribution in [0.15, 0.2) is 18.4 Å². The van der Waals surface area contributed by atoms with Gasteiger partial charge in [-0.1, -0.05) is 13.5 Å². The molecular formula is C11H22N2. The fraction of sp³-hybridized carbons (Fsp3) is 0.727. The molecule has 0 saturated heterocycles. The summed E-state index contributed by atoms with van der Waals surface area (Å²) in [7, 11) is 0. The molecule has 0 aliphatic carbocycles. The van der Waals surface area contributed by atoms with Crippen molar-refractivity contribution in [2.75, 3.05) is 13.1 Å². The van der Waals surface area contributed by atoms with Crippen LogP contribution in [0, 0.1) is 0 Å². The van der Waals surface area contributed by atoms with Crippen LogP contribution in [0.1, 0.15) is 32.6 Å². The third-order valence-corrected chi connectivity index (χ3v) is 1.92. The van der Waals surface area contributed by atoms with E-state index in [0.29, 0.717) is 0 Å². The summed E-state index contributed by atoms with van der Waals surface area (Å²) < 4.78 is 0. The average Bonchev–Trinajstić information content (AvgIpc) is 2.14. The van der Waals surface area contributed by atoms with Gasteiger partial charge in [0.25, 0.3) is 0 Å². The van der Waals surface area contributed by atoms with Crippen LogP contribution in [0.2, 0.25) is 0 Å². The van der Waals surface area contributed by atoms with Crippen LogP contribution in [-0.4, -0.2) is 19.1 Å². The summed E-state index contributed by atoms with van der Waals surface area (Å²) in [5.41, 5.74) is 8.59. The highest BCUT2D eigenvalue weighted by Crippen LogP contribution is 1.98. The van der Waals surface area contributed by atoms with Gasteiger partial charge >= 0.3 is 0 Å². The highest BCUT2D eigenvalue weighted by atomic mass is 14.8. The number of nitrogens with two attached hydrogens (primary N) is 1. The van der Waals surface area contributed by atoms with Crippen LogP contribution >= 0.6 is 0 Å². The molecule has 13 heavy (non-hydrogen) atoms. The van der Waals surface area contributed by atoms with E-state index in [1.807, 2.05) is 6.08 Å². The maximum atomic E-state index is 5.85. The minimum Gasteiger partial charge on any atom is -0.327 e. The zero-order valence-corrected chi connectivity index (χ0v) is 8.68. The molecule has 76 valence electrons. The Balaban J connectivity index is 3.16. The molecule has 0 rings (SSSR count). The van der Waals surface area contributed by atoms with E-state index >= 15 is 0 Å². The molecule has 1 unspecified atom stereocenters. The number of rotatable bonds is 8. The Bertz CT molecular complexity index is 148. The molecule has 0 radical (unpaired) electrons. The molecule has 2 nitrogen and oxygen atoms in total. The zero-order valence-electron chi connectivity index (χ0n) is 8.68. The first-order valence-electron chi connectivity index (χ1n) is 5.11. The van der Waals surface area contributed by atoms with E-state index in [1.54, 1.807) is 0 Å². The summed E-state index contributed by atoms with van der Waals surface area (Å²) in [5.74, 6) is 0. The van der Waals surface area contributed by atoms with Gasteiger partial charge in [0, 0.05) is 6.04 Å². The Morgan fingerprint density at radius 3 is 2.92 bits per heavy atom. The summed E-state index contributed by atoms with van der Waals surface area (Å²) in [6.45, 7) is 7.87. The Labute approximate surface area is 81.9 Å². The van der Waals surface area contributed by atoms with Gasteiger partial charge in [0.2, 0.25) is 0 Å². The number of hydrogen-bond acceptors (Lipinski definition) is 2. The van der Waals surface area contributed by atoms with Gasteiger partial charge in [0.15, 0.2) is 0 Å². The first-order chi connectivity index (χ1) is 6.31. The van der Waals surface area contributed by atoms with E-state index in [0.717, 1.165) is 32.4 Å². The van der Waals surface area contributed by atoms with Gasteiger partial charge in [-0.05, 0) is 44.8 Å². The van der Waals surface area contributed by atoms with Crippen molar-refractivity contribution in [1.29, 1.82) is 0 Å². The minimum absolute atomic E-state index is 0.276. The lowest BCUT2D eigenvalue weighted by molar-refractivity contribution is 0.552. The van der Waals surface area contributed by atoms with Gasteiger partial charge in [0.05, 0.1) is 0 Å². The maximum absolute atomic E-state index is 5.85. The predicted octanol–water partition coefficient (Wildman–Crippen LogP) is 1.82. The highest BCUT2D eigenvalue weighted by molar-refractivity contribution is 4.80. The topological polar surface area (TPSA) is 38.0 Å². The lowest BCUT2D eigenvalue weighted by Crippen LogP contribution is -2.22. The van der Waals surface area contributed by atoms with Crippen molar-refractivity contribution in [3.8, 4) is 0 Å². The van der Waals surface area contributed by atoms with Gasteiger partial charge in [-0.25, -0.2) is 0 Å². The predicted molar refractivity (Wildman–Crippen MR) is 58.7 cm³/mol. The second kappa shape index (κ2) is 9.53. The van der Waals surface area contributed by atoms with Crippen LogP contribution in [0.4, 0.5) is 0 Å². The molecule has 0 aromatic carbocycles. The van der Waals surface area contributed by atoms with Crippen molar-refractivity contribution in [2.45, 2.75) is 38.6 Å². The summed E-state index contributed by atoms with van der Waals surface area (Å²) in [5, 5.41) is 3.35. The van der Waals surface area contributed by atoms with E-state index < -0.39 is 0 Å². The largest absolute Gasteiger partial charge is 0.327 e. The van der Waals surface area contributed by atoms with Crippen LogP contribution in [-0.2, 0) is 0 Å². The highest BCUT2D eigenvalue weighted by Gasteiger charge is 1.98. The quantitative estimate of drug-likeness (QED) is 0.444. The Morgan fingerprint density at radius 1 is 1.54 bits per heavy atom. The molecule has 0 aromatic heterocycles. The summed E-state index contributed by atoms with van der Waals surface area (Å²) in [4.78, 5) is 0. The van der Waals surface area contributed by atoms with Crippen molar-refractivity contribution in [2.24, 2.45) is 5.73 Å². The first kappa shape index (κ1) is 12.4. The third kappa shape index (κ3) is 9.35. The van der Waals surface area contributed by atoms with Crippen molar-refractivity contribution in [1.82, 2.24) is 5.32 Å². The van der Waals surface area contributed by atoms with Gasteiger partial charge < -0.3 is 11.1 Å². The molecule has 0 spiro atoms. The standard InChI is InChI=1S/C11H22N2/c1-3-5-7-11(12)8-6-10-13-9-4-2/h5,11,13H,1,4,6-10,12H2,2H3.